The summed E-state index contributed by atoms with van der Waals surface area (Å²) in [4.78, 5) is 26.6. The largest absolute Gasteiger partial charge is 0.481 e. The molecule has 0 radical (unpaired) electrons. The van der Waals surface area contributed by atoms with Crippen molar-refractivity contribution < 1.29 is 19.4 Å². The molecule has 0 aliphatic heterocycles. The smallest absolute Gasteiger partial charge is 0.303 e. The van der Waals surface area contributed by atoms with Gasteiger partial charge < -0.3 is 15.2 Å². The number of carbonyl (C=O) groups is 2. The van der Waals surface area contributed by atoms with Gasteiger partial charge in [0.15, 0.2) is 6.61 Å². The van der Waals surface area contributed by atoms with Crippen molar-refractivity contribution in [2.45, 2.75) is 25.8 Å². The van der Waals surface area contributed by atoms with E-state index in [0.717, 1.165) is 5.39 Å². The summed E-state index contributed by atoms with van der Waals surface area (Å²) < 4.78 is 5.51. The van der Waals surface area contributed by atoms with Crippen LogP contribution in [0.4, 0.5) is 0 Å². The van der Waals surface area contributed by atoms with Gasteiger partial charge in [-0.3, -0.25) is 14.6 Å². The number of carboxylic acids is 1. The number of rotatable bonds is 7. The molecule has 0 spiro atoms. The number of halogens is 1. The SMILES string of the molecule is CC(CCC(=O)O)NC(=O)COc1ccc(Cl)c2cccnc12. The lowest BCUT2D eigenvalue weighted by atomic mass is 10.2. The third-order valence-corrected chi connectivity index (χ3v) is 3.57. The zero-order valence-electron chi connectivity index (χ0n) is 12.6. The molecule has 6 nitrogen and oxygen atoms in total. The predicted molar refractivity (Wildman–Crippen MR) is 86.7 cm³/mol. The molecule has 0 aliphatic rings. The third kappa shape index (κ3) is 4.82. The number of aliphatic carboxylic acids is 1. The van der Waals surface area contributed by atoms with Gasteiger partial charge in [0.1, 0.15) is 11.3 Å². The summed E-state index contributed by atoms with van der Waals surface area (Å²) in [6, 6.07) is 6.72. The van der Waals surface area contributed by atoms with E-state index in [9.17, 15) is 9.59 Å². The maximum atomic E-state index is 11.8. The average Bonchev–Trinajstić information content (AvgIpc) is 2.52. The molecule has 1 aromatic carbocycles. The van der Waals surface area contributed by atoms with Crippen LogP contribution < -0.4 is 10.1 Å². The van der Waals surface area contributed by atoms with E-state index < -0.39 is 5.97 Å². The number of fused-ring (bicyclic) bond motifs is 1. The van der Waals surface area contributed by atoms with Crippen LogP contribution in [-0.4, -0.2) is 34.6 Å². The molecule has 1 atom stereocenters. The van der Waals surface area contributed by atoms with E-state index in [1.54, 1.807) is 31.3 Å². The summed E-state index contributed by atoms with van der Waals surface area (Å²) in [6.07, 6.45) is 2.00. The van der Waals surface area contributed by atoms with Gasteiger partial charge in [-0.25, -0.2) is 0 Å². The Morgan fingerprint density at radius 1 is 1.39 bits per heavy atom. The van der Waals surface area contributed by atoms with Crippen molar-refractivity contribution in [3.05, 3.63) is 35.5 Å². The molecule has 7 heteroatoms. The molecule has 2 N–H and O–H groups in total. The predicted octanol–water partition coefficient (Wildman–Crippen LogP) is 2.64. The first-order chi connectivity index (χ1) is 11.0. The highest BCUT2D eigenvalue weighted by Crippen LogP contribution is 2.29. The molecule has 1 aromatic heterocycles. The number of nitrogens with one attached hydrogen (secondary N) is 1. The normalized spacial score (nSPS) is 11.9. The third-order valence-electron chi connectivity index (χ3n) is 3.24. The van der Waals surface area contributed by atoms with Crippen LogP contribution >= 0.6 is 11.6 Å². The lowest BCUT2D eigenvalue weighted by molar-refractivity contribution is -0.137. The van der Waals surface area contributed by atoms with Crippen molar-refractivity contribution in [2.24, 2.45) is 0 Å². The van der Waals surface area contributed by atoms with Crippen LogP contribution in [0.15, 0.2) is 30.5 Å². The van der Waals surface area contributed by atoms with E-state index in [1.807, 2.05) is 6.07 Å². The first-order valence-corrected chi connectivity index (χ1v) is 7.52. The number of aromatic nitrogens is 1. The van der Waals surface area contributed by atoms with E-state index in [-0.39, 0.29) is 25.0 Å². The summed E-state index contributed by atoms with van der Waals surface area (Å²) in [5.74, 6) is -0.735. The summed E-state index contributed by atoms with van der Waals surface area (Å²) in [7, 11) is 0. The number of nitrogens with zero attached hydrogens (tertiary/aromatic N) is 1. The Morgan fingerprint density at radius 3 is 2.91 bits per heavy atom. The van der Waals surface area contributed by atoms with Crippen molar-refractivity contribution in [3.8, 4) is 5.75 Å². The molecule has 23 heavy (non-hydrogen) atoms. The molecular weight excluding hydrogens is 320 g/mol. The average molecular weight is 337 g/mol. The molecule has 0 saturated heterocycles. The molecule has 2 rings (SSSR count). The van der Waals surface area contributed by atoms with Gasteiger partial charge in [0.05, 0.1) is 5.02 Å². The van der Waals surface area contributed by atoms with E-state index >= 15 is 0 Å². The van der Waals surface area contributed by atoms with Gasteiger partial charge >= 0.3 is 5.97 Å². The first kappa shape index (κ1) is 17.0. The van der Waals surface area contributed by atoms with Crippen LogP contribution in [0.1, 0.15) is 19.8 Å². The van der Waals surface area contributed by atoms with Gasteiger partial charge in [-0.05, 0) is 37.6 Å². The van der Waals surface area contributed by atoms with E-state index in [4.69, 9.17) is 21.4 Å². The second-order valence-electron chi connectivity index (χ2n) is 5.13. The van der Waals surface area contributed by atoms with Crippen LogP contribution in [0, 0.1) is 0 Å². The standard InChI is InChI=1S/C16H17ClN2O4/c1-10(4-7-15(21)22)19-14(20)9-23-13-6-5-12(17)11-3-2-8-18-16(11)13/h2-3,5-6,8,10H,4,7,9H2,1H3,(H,19,20)(H,21,22). The van der Waals surface area contributed by atoms with Gasteiger partial charge in [0.2, 0.25) is 0 Å². The second kappa shape index (κ2) is 7.78. The number of hydrogen-bond donors (Lipinski definition) is 2. The molecule has 0 saturated carbocycles. The van der Waals surface area contributed by atoms with Crippen molar-refractivity contribution >= 4 is 34.4 Å². The molecule has 0 fully saturated rings. The minimum Gasteiger partial charge on any atom is -0.481 e. The van der Waals surface area contributed by atoms with Crippen LogP contribution in [-0.2, 0) is 9.59 Å². The van der Waals surface area contributed by atoms with Crippen LogP contribution in [0.25, 0.3) is 10.9 Å². The summed E-state index contributed by atoms with van der Waals surface area (Å²) in [5.41, 5.74) is 0.590. The molecule has 1 heterocycles. The molecule has 1 amide bonds. The fourth-order valence-electron chi connectivity index (χ4n) is 2.10. The number of carboxylic acid groups (broad SMARTS) is 1. The molecule has 0 aliphatic carbocycles. The van der Waals surface area contributed by atoms with Gasteiger partial charge in [-0.1, -0.05) is 11.6 Å². The van der Waals surface area contributed by atoms with Crippen LogP contribution in [0.5, 0.6) is 5.75 Å². The molecular formula is C16H17ClN2O4. The van der Waals surface area contributed by atoms with Crippen molar-refractivity contribution in [3.63, 3.8) is 0 Å². The number of benzene rings is 1. The van der Waals surface area contributed by atoms with Crippen molar-refractivity contribution in [1.29, 1.82) is 0 Å². The maximum absolute atomic E-state index is 11.8. The van der Waals surface area contributed by atoms with E-state index in [0.29, 0.717) is 22.7 Å². The first-order valence-electron chi connectivity index (χ1n) is 7.14. The highest BCUT2D eigenvalue weighted by atomic mass is 35.5. The number of pyridine rings is 1. The van der Waals surface area contributed by atoms with Crippen molar-refractivity contribution in [2.75, 3.05) is 6.61 Å². The second-order valence-corrected chi connectivity index (χ2v) is 5.54. The van der Waals surface area contributed by atoms with Crippen LogP contribution in [0.3, 0.4) is 0 Å². The maximum Gasteiger partial charge on any atom is 0.303 e. The summed E-state index contributed by atoms with van der Waals surface area (Å²) in [5, 5.41) is 12.6. The molecule has 122 valence electrons. The Balaban J connectivity index is 1.95. The fourth-order valence-corrected chi connectivity index (χ4v) is 2.32. The molecule has 0 bridgehead atoms. The summed E-state index contributed by atoms with van der Waals surface area (Å²) >= 11 is 6.10. The lowest BCUT2D eigenvalue weighted by Crippen LogP contribution is -2.36. The van der Waals surface area contributed by atoms with Crippen molar-refractivity contribution in [1.82, 2.24) is 10.3 Å². The number of carbonyl (C=O) groups excluding carboxylic acids is 1. The Morgan fingerprint density at radius 2 is 2.17 bits per heavy atom. The highest BCUT2D eigenvalue weighted by molar-refractivity contribution is 6.35. The lowest BCUT2D eigenvalue weighted by Gasteiger charge is -2.14. The number of hydrogen-bond acceptors (Lipinski definition) is 4. The van der Waals surface area contributed by atoms with Gasteiger partial charge in [-0.15, -0.1) is 0 Å². The number of amides is 1. The Kier molecular flexibility index (Phi) is 5.76. The molecule has 1 unspecified atom stereocenters. The zero-order valence-corrected chi connectivity index (χ0v) is 13.3. The van der Waals surface area contributed by atoms with Gasteiger partial charge in [-0.2, -0.15) is 0 Å². The minimum atomic E-state index is -0.888. The quantitative estimate of drug-likeness (QED) is 0.811. The van der Waals surface area contributed by atoms with Gasteiger partial charge in [0, 0.05) is 24.0 Å². The Bertz CT molecular complexity index is 720. The molecule has 2 aromatic rings. The summed E-state index contributed by atoms with van der Waals surface area (Å²) in [6.45, 7) is 1.57. The number of ether oxygens (including phenoxy) is 1. The van der Waals surface area contributed by atoms with E-state index in [1.165, 1.54) is 0 Å². The van der Waals surface area contributed by atoms with E-state index in [2.05, 4.69) is 10.3 Å². The zero-order chi connectivity index (χ0) is 16.8. The Labute approximate surface area is 138 Å². The monoisotopic (exact) mass is 336 g/mol. The Hall–Kier alpha value is -2.34. The fraction of sp³-hybridized carbons (Fsp3) is 0.312. The topological polar surface area (TPSA) is 88.5 Å². The highest BCUT2D eigenvalue weighted by Gasteiger charge is 2.12. The van der Waals surface area contributed by atoms with Gasteiger partial charge in [0.25, 0.3) is 5.91 Å². The minimum absolute atomic E-state index is 0.00798. The van der Waals surface area contributed by atoms with Crippen LogP contribution in [0.2, 0.25) is 5.02 Å².